The van der Waals surface area contributed by atoms with E-state index in [4.69, 9.17) is 10.7 Å². The lowest BCUT2D eigenvalue weighted by Gasteiger charge is -2.11. The third-order valence-electron chi connectivity index (χ3n) is 2.03. The number of halogens is 5. The predicted molar refractivity (Wildman–Crippen MR) is 58.9 cm³/mol. The van der Waals surface area contributed by atoms with E-state index < -0.39 is 37.5 Å². The van der Waals surface area contributed by atoms with Gasteiger partial charge in [0, 0.05) is 10.7 Å². The Balaban J connectivity index is 3.28. The van der Waals surface area contributed by atoms with E-state index in [-0.39, 0.29) is 5.56 Å². The first-order valence-electron chi connectivity index (χ1n) is 4.56. The third kappa shape index (κ3) is 3.80. The average Bonchev–Trinajstić information content (AvgIpc) is 2.18. The molecular weight excluding hydrogens is 314 g/mol. The van der Waals surface area contributed by atoms with Crippen molar-refractivity contribution in [3.05, 3.63) is 23.5 Å². The Morgan fingerprint density at radius 2 is 1.84 bits per heavy atom. The number of benzene rings is 1. The summed E-state index contributed by atoms with van der Waals surface area (Å²) in [5.74, 6) is -3.63. The fourth-order valence-corrected chi connectivity index (χ4v) is 2.41. The van der Waals surface area contributed by atoms with Crippen molar-refractivity contribution in [2.24, 2.45) is 0 Å². The zero-order chi connectivity index (χ0) is 15.0. The molecule has 19 heavy (non-hydrogen) atoms. The van der Waals surface area contributed by atoms with Gasteiger partial charge in [0.25, 0.3) is 9.05 Å². The van der Waals surface area contributed by atoms with Crippen LogP contribution in [-0.4, -0.2) is 20.5 Å². The monoisotopic (exact) mass is 319 g/mol. The summed E-state index contributed by atoms with van der Waals surface area (Å²) in [6.07, 6.45) is -5.22. The number of hydrogen-bond donors (Lipinski definition) is 1. The molecule has 10 heteroatoms. The number of anilines is 1. The van der Waals surface area contributed by atoms with Gasteiger partial charge in [-0.15, -0.1) is 0 Å². The van der Waals surface area contributed by atoms with E-state index in [0.717, 1.165) is 0 Å². The minimum atomic E-state index is -5.22. The maximum Gasteiger partial charge on any atom is 0.471 e. The topological polar surface area (TPSA) is 63.2 Å². The quantitative estimate of drug-likeness (QED) is 0.673. The summed E-state index contributed by atoms with van der Waals surface area (Å²) in [6, 6.07) is 1.18. The number of amides is 1. The van der Waals surface area contributed by atoms with Crippen LogP contribution in [0.4, 0.5) is 23.2 Å². The standard InChI is InChI=1S/C9H6ClF4NO3S/c1-4-2-5(11)6(3-7(4)19(10,17)18)15-8(16)9(12,13)14/h2-3H,1H3,(H,15,16). The molecule has 0 saturated heterocycles. The summed E-state index contributed by atoms with van der Waals surface area (Å²) < 4.78 is 71.6. The van der Waals surface area contributed by atoms with Crippen molar-refractivity contribution in [3.63, 3.8) is 0 Å². The molecule has 0 atom stereocenters. The summed E-state index contributed by atoms with van der Waals surface area (Å²) in [5.41, 5.74) is -1.02. The van der Waals surface area contributed by atoms with Crippen molar-refractivity contribution in [2.75, 3.05) is 5.32 Å². The smallest absolute Gasteiger partial charge is 0.316 e. The molecular formula is C9H6ClF4NO3S. The molecule has 0 spiro atoms. The molecule has 0 aliphatic carbocycles. The van der Waals surface area contributed by atoms with Gasteiger partial charge in [-0.2, -0.15) is 13.2 Å². The number of alkyl halides is 3. The Morgan fingerprint density at radius 1 is 1.32 bits per heavy atom. The second-order valence-electron chi connectivity index (χ2n) is 3.49. The highest BCUT2D eigenvalue weighted by atomic mass is 35.7. The van der Waals surface area contributed by atoms with Crippen LogP contribution in [0.2, 0.25) is 0 Å². The van der Waals surface area contributed by atoms with E-state index in [0.29, 0.717) is 12.1 Å². The summed E-state index contributed by atoms with van der Waals surface area (Å²) in [6.45, 7) is 1.20. The molecule has 0 heterocycles. The number of rotatable bonds is 2. The molecule has 4 nitrogen and oxygen atoms in total. The van der Waals surface area contributed by atoms with Gasteiger partial charge in [-0.05, 0) is 24.6 Å². The second kappa shape index (κ2) is 4.97. The van der Waals surface area contributed by atoms with Crippen molar-refractivity contribution in [2.45, 2.75) is 18.0 Å². The number of aryl methyl sites for hydroxylation is 1. The molecule has 1 N–H and O–H groups in total. The maximum absolute atomic E-state index is 13.3. The molecule has 0 radical (unpaired) electrons. The van der Waals surface area contributed by atoms with Gasteiger partial charge in [0.2, 0.25) is 0 Å². The highest BCUT2D eigenvalue weighted by molar-refractivity contribution is 8.13. The lowest BCUT2D eigenvalue weighted by molar-refractivity contribution is -0.167. The first kappa shape index (κ1) is 15.7. The highest BCUT2D eigenvalue weighted by Crippen LogP contribution is 2.27. The summed E-state index contributed by atoms with van der Waals surface area (Å²) in [4.78, 5) is 10.1. The molecule has 1 aromatic carbocycles. The van der Waals surface area contributed by atoms with E-state index in [2.05, 4.69) is 0 Å². The van der Waals surface area contributed by atoms with Gasteiger partial charge in [-0.3, -0.25) is 4.79 Å². The Hall–Kier alpha value is -1.35. The van der Waals surface area contributed by atoms with Crippen LogP contribution in [0.1, 0.15) is 5.56 Å². The molecule has 1 amide bonds. The Kier molecular flexibility index (Phi) is 4.11. The number of carbonyl (C=O) groups excluding carboxylic acids is 1. The van der Waals surface area contributed by atoms with E-state index in [1.54, 1.807) is 0 Å². The normalized spacial score (nSPS) is 12.3. The van der Waals surface area contributed by atoms with Crippen molar-refractivity contribution in [3.8, 4) is 0 Å². The zero-order valence-corrected chi connectivity index (χ0v) is 10.7. The van der Waals surface area contributed by atoms with Crippen LogP contribution >= 0.6 is 10.7 Å². The fourth-order valence-electron chi connectivity index (χ4n) is 1.20. The lowest BCUT2D eigenvalue weighted by atomic mass is 10.2. The molecule has 0 bridgehead atoms. The van der Waals surface area contributed by atoms with Gasteiger partial charge in [0.15, 0.2) is 0 Å². The number of nitrogens with one attached hydrogen (secondary N) is 1. The van der Waals surface area contributed by atoms with Crippen LogP contribution in [0.5, 0.6) is 0 Å². The fraction of sp³-hybridized carbons (Fsp3) is 0.222. The summed E-state index contributed by atoms with van der Waals surface area (Å²) in [5, 5.41) is 1.23. The van der Waals surface area contributed by atoms with Crippen molar-refractivity contribution in [1.82, 2.24) is 0 Å². The zero-order valence-electron chi connectivity index (χ0n) is 9.18. The van der Waals surface area contributed by atoms with Crippen LogP contribution in [0.25, 0.3) is 0 Å². The van der Waals surface area contributed by atoms with E-state index >= 15 is 0 Å². The molecule has 1 aromatic rings. The van der Waals surface area contributed by atoms with Crippen molar-refractivity contribution in [1.29, 1.82) is 0 Å². The second-order valence-corrected chi connectivity index (χ2v) is 6.02. The Bertz CT molecular complexity index is 627. The minimum Gasteiger partial charge on any atom is -0.316 e. The molecule has 0 unspecified atom stereocenters. The van der Waals surface area contributed by atoms with Gasteiger partial charge >= 0.3 is 12.1 Å². The van der Waals surface area contributed by atoms with Crippen LogP contribution in [0, 0.1) is 12.7 Å². The van der Waals surface area contributed by atoms with E-state index in [1.165, 1.54) is 12.2 Å². The first-order chi connectivity index (χ1) is 8.43. The van der Waals surface area contributed by atoms with Gasteiger partial charge in [0.1, 0.15) is 5.82 Å². The summed E-state index contributed by atoms with van der Waals surface area (Å²) >= 11 is 0. The number of carbonyl (C=O) groups is 1. The molecule has 0 aromatic heterocycles. The van der Waals surface area contributed by atoms with Crippen LogP contribution in [0.15, 0.2) is 17.0 Å². The van der Waals surface area contributed by atoms with E-state index in [9.17, 15) is 30.8 Å². The molecule has 0 saturated carbocycles. The van der Waals surface area contributed by atoms with Crippen molar-refractivity contribution >= 4 is 31.3 Å². The van der Waals surface area contributed by atoms with Gasteiger partial charge < -0.3 is 5.32 Å². The third-order valence-corrected chi connectivity index (χ3v) is 3.50. The summed E-state index contributed by atoms with van der Waals surface area (Å²) in [7, 11) is 0.758. The number of hydrogen-bond acceptors (Lipinski definition) is 3. The molecule has 0 aliphatic rings. The van der Waals surface area contributed by atoms with Crippen LogP contribution < -0.4 is 5.32 Å². The highest BCUT2D eigenvalue weighted by Gasteiger charge is 2.39. The van der Waals surface area contributed by atoms with Gasteiger partial charge in [-0.1, -0.05) is 0 Å². The van der Waals surface area contributed by atoms with E-state index in [1.807, 2.05) is 0 Å². The molecule has 1 rings (SSSR count). The Morgan fingerprint density at radius 3 is 2.26 bits per heavy atom. The Labute approximate surface area is 109 Å². The predicted octanol–water partition coefficient (Wildman–Crippen LogP) is 2.56. The van der Waals surface area contributed by atoms with Gasteiger partial charge in [-0.25, -0.2) is 12.8 Å². The van der Waals surface area contributed by atoms with Crippen molar-refractivity contribution < 1.29 is 30.8 Å². The SMILES string of the molecule is Cc1cc(F)c(NC(=O)C(F)(F)F)cc1S(=O)(=O)Cl. The molecule has 0 aliphatic heterocycles. The molecule has 106 valence electrons. The average molecular weight is 320 g/mol. The van der Waals surface area contributed by atoms with Crippen LogP contribution in [-0.2, 0) is 13.8 Å². The van der Waals surface area contributed by atoms with Gasteiger partial charge in [0.05, 0.1) is 10.6 Å². The largest absolute Gasteiger partial charge is 0.471 e. The molecule has 0 fully saturated rings. The van der Waals surface area contributed by atoms with Crippen LogP contribution in [0.3, 0.4) is 0 Å². The maximum atomic E-state index is 13.3. The minimum absolute atomic E-state index is 0.0995. The lowest BCUT2D eigenvalue weighted by Crippen LogP contribution is -2.30. The first-order valence-corrected chi connectivity index (χ1v) is 6.87.